The monoisotopic (exact) mass is 888 g/mol. The molecule has 2 fully saturated rings. The fourth-order valence-corrected chi connectivity index (χ4v) is 7.30. The fourth-order valence-electron chi connectivity index (χ4n) is 5.72. The van der Waals surface area contributed by atoms with Crippen molar-refractivity contribution in [3.63, 3.8) is 0 Å². The number of carbonyl (C=O) groups is 3. The molecule has 0 spiro atoms. The van der Waals surface area contributed by atoms with E-state index in [-0.39, 0.29) is 24.1 Å². The molecule has 0 aliphatic carbocycles. The Balaban J connectivity index is 0.000000208. The molecular weight excluding hydrogens is 851 g/mol. The number of methoxy groups -OCH3 is 2. The van der Waals surface area contributed by atoms with Crippen molar-refractivity contribution < 1.29 is 55.3 Å². The number of nitrogens with two attached hydrogens (primary N) is 1. The van der Waals surface area contributed by atoms with Crippen LogP contribution in [0.3, 0.4) is 0 Å². The van der Waals surface area contributed by atoms with Gasteiger partial charge in [-0.2, -0.15) is 36.3 Å². The predicted octanol–water partition coefficient (Wildman–Crippen LogP) is 5.58. The van der Waals surface area contributed by atoms with Crippen molar-refractivity contribution in [1.29, 1.82) is 0 Å². The number of ether oxygens (including phenoxy) is 2. The van der Waals surface area contributed by atoms with E-state index in [2.05, 4.69) is 45.9 Å². The minimum absolute atomic E-state index is 0.121. The number of nitrogens with one attached hydrogen (secondary N) is 3. The van der Waals surface area contributed by atoms with E-state index in [1.807, 2.05) is 0 Å². The van der Waals surface area contributed by atoms with E-state index in [4.69, 9.17) is 25.1 Å². The molecule has 60 heavy (non-hydrogen) atoms. The molecule has 6 heterocycles. The molecule has 0 atom stereocenters. The number of alkyl halides is 6. The largest absolute Gasteiger partial charge is 0.490 e. The maximum absolute atomic E-state index is 12.9. The molecule has 2 aliphatic rings. The number of benzene rings is 1. The van der Waals surface area contributed by atoms with Crippen LogP contribution >= 0.6 is 22.7 Å². The van der Waals surface area contributed by atoms with Crippen LogP contribution in [0.2, 0.25) is 0 Å². The second kappa shape index (κ2) is 20.0. The van der Waals surface area contributed by atoms with E-state index in [0.29, 0.717) is 93.8 Å². The van der Waals surface area contributed by atoms with Crippen molar-refractivity contribution in [2.45, 2.75) is 56.7 Å². The molecular formula is C34H38F6N12O6S2. The van der Waals surface area contributed by atoms with E-state index in [1.54, 1.807) is 15.9 Å². The van der Waals surface area contributed by atoms with Crippen molar-refractivity contribution in [1.82, 2.24) is 45.0 Å². The highest BCUT2D eigenvalue weighted by Gasteiger charge is 2.38. The van der Waals surface area contributed by atoms with Crippen LogP contribution < -0.4 is 31.2 Å². The Kier molecular flexibility index (Phi) is 15.1. The SMILES string of the molecule is COc1ncnc2sc(NC(=O)N3CCC(N)CC3)nc12.COc1ncnc2sc(NC(=O)N3CCC(NCc4cccc(C(F)(F)F)c4)CC3)nc12.O=C(O)C(F)(F)F. The summed E-state index contributed by atoms with van der Waals surface area (Å²) in [6.45, 7) is 2.73. The summed E-state index contributed by atoms with van der Waals surface area (Å²) in [5, 5.41) is 16.9. The lowest BCUT2D eigenvalue weighted by atomic mass is 10.0. The molecule has 26 heteroatoms. The number of fused-ring (bicyclic) bond motifs is 2. The number of carboxylic acid groups (broad SMARTS) is 1. The lowest BCUT2D eigenvalue weighted by Crippen LogP contribution is -2.46. The van der Waals surface area contributed by atoms with Crippen LogP contribution in [0, 0.1) is 0 Å². The maximum Gasteiger partial charge on any atom is 0.490 e. The molecule has 2 aliphatic heterocycles. The van der Waals surface area contributed by atoms with Gasteiger partial charge in [-0.15, -0.1) is 0 Å². The zero-order valence-electron chi connectivity index (χ0n) is 31.7. The lowest BCUT2D eigenvalue weighted by Gasteiger charge is -2.32. The van der Waals surface area contributed by atoms with Gasteiger partial charge in [0.25, 0.3) is 0 Å². The molecule has 18 nitrogen and oxygen atoms in total. The summed E-state index contributed by atoms with van der Waals surface area (Å²) in [5.74, 6) is -2.01. The number of urea groups is 2. The number of piperidine rings is 2. The second-order valence-electron chi connectivity index (χ2n) is 12.9. The average molecular weight is 889 g/mol. The molecule has 6 N–H and O–H groups in total. The number of rotatable bonds is 7. The first-order valence-electron chi connectivity index (χ1n) is 17.8. The minimum atomic E-state index is -5.08. The van der Waals surface area contributed by atoms with Crippen molar-refractivity contribution in [3.05, 3.63) is 48.0 Å². The molecule has 7 rings (SSSR count). The van der Waals surface area contributed by atoms with Crippen LogP contribution in [0.4, 0.5) is 46.2 Å². The van der Waals surface area contributed by atoms with E-state index >= 15 is 0 Å². The number of hydrogen-bond acceptors (Lipinski definition) is 15. The highest BCUT2D eigenvalue weighted by atomic mass is 32.1. The highest BCUT2D eigenvalue weighted by molar-refractivity contribution is 7.22. The first-order valence-corrected chi connectivity index (χ1v) is 19.5. The number of nitrogens with zero attached hydrogens (tertiary/aromatic N) is 8. The molecule has 0 unspecified atom stereocenters. The average Bonchev–Trinajstić information content (AvgIpc) is 3.83. The van der Waals surface area contributed by atoms with Gasteiger partial charge in [0.05, 0.1) is 19.8 Å². The number of carboxylic acids is 1. The van der Waals surface area contributed by atoms with Gasteiger partial charge in [0.1, 0.15) is 12.7 Å². The summed E-state index contributed by atoms with van der Waals surface area (Å²) < 4.78 is 80.6. The van der Waals surface area contributed by atoms with Crippen LogP contribution in [-0.2, 0) is 17.5 Å². The summed E-state index contributed by atoms with van der Waals surface area (Å²) in [5.41, 5.74) is 6.81. The molecule has 5 aromatic rings. The van der Waals surface area contributed by atoms with E-state index in [9.17, 15) is 35.9 Å². The first-order chi connectivity index (χ1) is 28.4. The van der Waals surface area contributed by atoms with Gasteiger partial charge in [0.2, 0.25) is 11.8 Å². The maximum atomic E-state index is 12.9. The van der Waals surface area contributed by atoms with Gasteiger partial charge < -0.3 is 35.4 Å². The first kappa shape index (κ1) is 45.4. The third-order valence-electron chi connectivity index (χ3n) is 8.84. The van der Waals surface area contributed by atoms with Crippen molar-refractivity contribution in [3.8, 4) is 11.8 Å². The third kappa shape index (κ3) is 12.4. The van der Waals surface area contributed by atoms with E-state index in [1.165, 1.54) is 55.6 Å². The Hall–Kier alpha value is -5.73. The minimum Gasteiger partial charge on any atom is -0.479 e. The standard InChI is InChI=1S/C20H21F3N6O2S.C12H16N6O2S.C2HF3O2/c1-31-16-15-17(26-11-25-16)32-18(27-15)28-19(30)29-7-5-14(6-8-29)24-10-12-3-2-4-13(9-12)20(21,22)23;1-20-9-8-10(15-6-14-9)21-11(16-8)17-12(19)18-4-2-7(13)3-5-18;3-2(4,5)1(6)7/h2-4,9,11,14,24H,5-8,10H2,1H3,(H,27,28,30);6-7H,2-5,13H2,1H3,(H,16,17,19);(H,6,7). The number of likely N-dealkylation sites (tertiary alicyclic amines) is 2. The van der Waals surface area contributed by atoms with Crippen LogP contribution in [0.25, 0.3) is 20.7 Å². The molecule has 0 saturated carbocycles. The van der Waals surface area contributed by atoms with Crippen LogP contribution in [0.5, 0.6) is 11.8 Å². The number of aromatic nitrogens is 6. The second-order valence-corrected chi connectivity index (χ2v) is 14.9. The lowest BCUT2D eigenvalue weighted by molar-refractivity contribution is -0.192. The Morgan fingerprint density at radius 2 is 1.27 bits per heavy atom. The van der Waals surface area contributed by atoms with Gasteiger partial charge in [0, 0.05) is 44.8 Å². The summed E-state index contributed by atoms with van der Waals surface area (Å²) in [6.07, 6.45) is -3.59. The van der Waals surface area contributed by atoms with Gasteiger partial charge in [-0.25, -0.2) is 34.3 Å². The number of halogens is 6. The predicted molar refractivity (Wildman–Crippen MR) is 207 cm³/mol. The van der Waals surface area contributed by atoms with Gasteiger partial charge in [0.15, 0.2) is 31.0 Å². The Labute approximate surface area is 344 Å². The zero-order chi connectivity index (χ0) is 43.6. The van der Waals surface area contributed by atoms with Gasteiger partial charge >= 0.3 is 30.4 Å². The van der Waals surface area contributed by atoms with Crippen molar-refractivity contribution in [2.75, 3.05) is 51.0 Å². The molecule has 1 aromatic carbocycles. The van der Waals surface area contributed by atoms with E-state index in [0.717, 1.165) is 25.0 Å². The number of aliphatic carboxylic acids is 1. The fraction of sp³-hybridized carbons (Fsp3) is 0.441. The summed E-state index contributed by atoms with van der Waals surface area (Å²) in [6, 6.07) is 5.20. The summed E-state index contributed by atoms with van der Waals surface area (Å²) >= 11 is 2.53. The smallest absolute Gasteiger partial charge is 0.479 e. The van der Waals surface area contributed by atoms with E-state index < -0.39 is 23.9 Å². The Morgan fingerprint density at radius 1 is 0.800 bits per heavy atom. The third-order valence-corrected chi connectivity index (χ3v) is 10.6. The molecule has 0 bridgehead atoms. The molecule has 2 saturated heterocycles. The van der Waals surface area contributed by atoms with Crippen LogP contribution in [-0.4, -0.2) is 122 Å². The normalized spacial score (nSPS) is 15.1. The number of anilines is 2. The summed E-state index contributed by atoms with van der Waals surface area (Å²) in [4.78, 5) is 63.3. The van der Waals surface area contributed by atoms with Gasteiger partial charge in [-0.05, 0) is 37.3 Å². The molecule has 0 radical (unpaired) electrons. The Morgan fingerprint density at radius 3 is 1.70 bits per heavy atom. The molecule has 324 valence electrons. The van der Waals surface area contributed by atoms with Crippen LogP contribution in [0.1, 0.15) is 36.8 Å². The quantitative estimate of drug-likeness (QED) is 0.126. The number of carbonyl (C=O) groups excluding carboxylic acids is 2. The topological polar surface area (TPSA) is 236 Å². The van der Waals surface area contributed by atoms with Crippen molar-refractivity contribution in [2.24, 2.45) is 5.73 Å². The van der Waals surface area contributed by atoms with Gasteiger partial charge in [-0.1, -0.05) is 40.9 Å². The number of thiazole rings is 2. The Bertz CT molecular complexity index is 2250. The number of hydrogen-bond donors (Lipinski definition) is 5. The van der Waals surface area contributed by atoms with Gasteiger partial charge in [-0.3, -0.25) is 10.6 Å². The zero-order valence-corrected chi connectivity index (χ0v) is 33.3. The summed E-state index contributed by atoms with van der Waals surface area (Å²) in [7, 11) is 3.01. The molecule has 4 aromatic heterocycles. The van der Waals surface area contributed by atoms with Crippen molar-refractivity contribution >= 4 is 71.7 Å². The highest BCUT2D eigenvalue weighted by Crippen LogP contribution is 2.31. The molecule has 4 amide bonds. The van der Waals surface area contributed by atoms with Crippen LogP contribution in [0.15, 0.2) is 36.9 Å². The number of amides is 4.